The molecule has 2 N–H and O–H groups in total. The number of ketones is 1. The molecule has 1 fully saturated rings. The highest BCUT2D eigenvalue weighted by Gasteiger charge is 2.21. The second-order valence-electron chi connectivity index (χ2n) is 6.44. The molecular formula is C19H27NO3. The summed E-state index contributed by atoms with van der Waals surface area (Å²) in [6.45, 7) is 2.13. The Bertz CT molecular complexity index is 516. The molecule has 0 saturated heterocycles. The van der Waals surface area contributed by atoms with Gasteiger partial charge >= 0.3 is 0 Å². The van der Waals surface area contributed by atoms with Crippen molar-refractivity contribution in [1.29, 1.82) is 0 Å². The summed E-state index contributed by atoms with van der Waals surface area (Å²) in [5.74, 6) is -0.0513. The van der Waals surface area contributed by atoms with Crippen molar-refractivity contribution in [3.05, 3.63) is 35.4 Å². The molecule has 0 aromatic heterocycles. The molecule has 126 valence electrons. The van der Waals surface area contributed by atoms with Crippen LogP contribution in [0.25, 0.3) is 0 Å². The van der Waals surface area contributed by atoms with Crippen LogP contribution in [0.15, 0.2) is 24.3 Å². The Morgan fingerprint density at radius 1 is 1.09 bits per heavy atom. The first-order chi connectivity index (χ1) is 11.1. The Kier molecular flexibility index (Phi) is 6.78. The molecule has 0 heterocycles. The quantitative estimate of drug-likeness (QED) is 0.760. The summed E-state index contributed by atoms with van der Waals surface area (Å²) in [7, 11) is 0. The van der Waals surface area contributed by atoms with Crippen LogP contribution < -0.4 is 5.32 Å². The van der Waals surface area contributed by atoms with E-state index >= 15 is 0 Å². The maximum absolute atomic E-state index is 12.1. The van der Waals surface area contributed by atoms with Crippen LogP contribution in [-0.4, -0.2) is 28.9 Å². The van der Waals surface area contributed by atoms with Crippen molar-refractivity contribution in [2.24, 2.45) is 0 Å². The average Bonchev–Trinajstić information content (AvgIpc) is 2.56. The Morgan fingerprint density at radius 3 is 2.35 bits per heavy atom. The minimum atomic E-state index is -0.222. The van der Waals surface area contributed by atoms with Crippen LogP contribution >= 0.6 is 0 Å². The lowest BCUT2D eigenvalue weighted by Crippen LogP contribution is -2.38. The summed E-state index contributed by atoms with van der Waals surface area (Å²) in [6.07, 6.45) is 5.49. The number of carbonyl (C=O) groups excluding carboxylic acids is 2. The van der Waals surface area contributed by atoms with Gasteiger partial charge in [0.1, 0.15) is 0 Å². The summed E-state index contributed by atoms with van der Waals surface area (Å²) >= 11 is 0. The predicted octanol–water partition coefficient (Wildman–Crippen LogP) is 3.02. The SMILES string of the molecule is CCCc1ccc(C(=O)CCC(=O)NC2CCC(O)CC2)cc1. The zero-order valence-corrected chi connectivity index (χ0v) is 13.9. The molecule has 1 saturated carbocycles. The fourth-order valence-electron chi connectivity index (χ4n) is 3.04. The lowest BCUT2D eigenvalue weighted by molar-refractivity contribution is -0.122. The summed E-state index contributed by atoms with van der Waals surface area (Å²) in [6, 6.07) is 7.84. The van der Waals surface area contributed by atoms with Crippen LogP contribution in [0.5, 0.6) is 0 Å². The molecule has 0 bridgehead atoms. The van der Waals surface area contributed by atoms with Crippen LogP contribution in [0.4, 0.5) is 0 Å². The van der Waals surface area contributed by atoms with Crippen molar-refractivity contribution in [3.8, 4) is 0 Å². The van der Waals surface area contributed by atoms with Gasteiger partial charge in [0.25, 0.3) is 0 Å². The molecular weight excluding hydrogens is 290 g/mol. The lowest BCUT2D eigenvalue weighted by Gasteiger charge is -2.26. The van der Waals surface area contributed by atoms with Gasteiger partial charge in [-0.05, 0) is 37.7 Å². The number of aliphatic hydroxyl groups is 1. The topological polar surface area (TPSA) is 66.4 Å². The molecule has 23 heavy (non-hydrogen) atoms. The second-order valence-corrected chi connectivity index (χ2v) is 6.44. The number of amides is 1. The van der Waals surface area contributed by atoms with Gasteiger partial charge in [-0.25, -0.2) is 0 Å². The Balaban J connectivity index is 1.73. The zero-order valence-electron chi connectivity index (χ0n) is 13.9. The van der Waals surface area contributed by atoms with Crippen LogP contribution in [-0.2, 0) is 11.2 Å². The highest BCUT2D eigenvalue weighted by atomic mass is 16.3. The minimum Gasteiger partial charge on any atom is -0.393 e. The highest BCUT2D eigenvalue weighted by Crippen LogP contribution is 2.18. The van der Waals surface area contributed by atoms with E-state index in [0.29, 0.717) is 5.56 Å². The van der Waals surface area contributed by atoms with Gasteiger partial charge in [-0.15, -0.1) is 0 Å². The molecule has 1 aliphatic rings. The van der Waals surface area contributed by atoms with E-state index in [0.717, 1.165) is 38.5 Å². The molecule has 1 aromatic rings. The number of rotatable bonds is 7. The van der Waals surface area contributed by atoms with E-state index in [1.165, 1.54) is 5.56 Å². The van der Waals surface area contributed by atoms with Gasteiger partial charge in [0, 0.05) is 24.4 Å². The maximum Gasteiger partial charge on any atom is 0.220 e. The molecule has 4 nitrogen and oxygen atoms in total. The van der Waals surface area contributed by atoms with Crippen LogP contribution in [0.3, 0.4) is 0 Å². The van der Waals surface area contributed by atoms with E-state index in [1.54, 1.807) is 0 Å². The van der Waals surface area contributed by atoms with Crippen LogP contribution in [0.1, 0.15) is 67.8 Å². The second kappa shape index (κ2) is 8.82. The third-order valence-electron chi connectivity index (χ3n) is 4.46. The van der Waals surface area contributed by atoms with E-state index < -0.39 is 0 Å². The van der Waals surface area contributed by atoms with Crippen LogP contribution in [0.2, 0.25) is 0 Å². The number of nitrogens with one attached hydrogen (secondary N) is 1. The van der Waals surface area contributed by atoms with Crippen molar-refractivity contribution >= 4 is 11.7 Å². The van der Waals surface area contributed by atoms with Gasteiger partial charge < -0.3 is 10.4 Å². The highest BCUT2D eigenvalue weighted by molar-refractivity contribution is 5.98. The van der Waals surface area contributed by atoms with Crippen molar-refractivity contribution < 1.29 is 14.7 Å². The normalized spacial score (nSPS) is 21.0. The third-order valence-corrected chi connectivity index (χ3v) is 4.46. The minimum absolute atomic E-state index is 0.0160. The molecule has 0 aliphatic heterocycles. The van der Waals surface area contributed by atoms with Gasteiger partial charge in [-0.3, -0.25) is 9.59 Å². The van der Waals surface area contributed by atoms with E-state index in [-0.39, 0.29) is 36.7 Å². The molecule has 0 spiro atoms. The molecule has 2 rings (SSSR count). The molecule has 0 unspecified atom stereocenters. The number of benzene rings is 1. The third kappa shape index (κ3) is 5.79. The fourth-order valence-corrected chi connectivity index (χ4v) is 3.04. The van der Waals surface area contributed by atoms with Crippen molar-refractivity contribution in [1.82, 2.24) is 5.32 Å². The van der Waals surface area contributed by atoms with E-state index in [2.05, 4.69) is 12.2 Å². The van der Waals surface area contributed by atoms with Gasteiger partial charge in [0.15, 0.2) is 5.78 Å². The Morgan fingerprint density at radius 2 is 1.74 bits per heavy atom. The molecule has 1 amide bonds. The number of hydrogen-bond acceptors (Lipinski definition) is 3. The predicted molar refractivity (Wildman–Crippen MR) is 90.4 cm³/mol. The molecule has 1 aromatic carbocycles. The van der Waals surface area contributed by atoms with Crippen LogP contribution in [0, 0.1) is 0 Å². The first-order valence-corrected chi connectivity index (χ1v) is 8.68. The standard InChI is InChI=1S/C19H27NO3/c1-2-3-14-4-6-15(7-5-14)18(22)12-13-19(23)20-16-8-10-17(21)11-9-16/h4-7,16-17,21H,2-3,8-13H2,1H3,(H,20,23). The molecule has 4 heteroatoms. The van der Waals surface area contributed by atoms with E-state index in [1.807, 2.05) is 24.3 Å². The van der Waals surface area contributed by atoms with Gasteiger partial charge in [0.05, 0.1) is 6.10 Å². The number of carbonyl (C=O) groups is 2. The summed E-state index contributed by atoms with van der Waals surface area (Å²) in [5.41, 5.74) is 1.92. The Labute approximate surface area is 138 Å². The van der Waals surface area contributed by atoms with Crippen molar-refractivity contribution in [2.45, 2.75) is 70.4 Å². The lowest BCUT2D eigenvalue weighted by atomic mass is 9.93. The zero-order chi connectivity index (χ0) is 16.7. The van der Waals surface area contributed by atoms with Gasteiger partial charge in [0.2, 0.25) is 5.91 Å². The number of aliphatic hydroxyl groups excluding tert-OH is 1. The van der Waals surface area contributed by atoms with E-state index in [4.69, 9.17) is 0 Å². The largest absolute Gasteiger partial charge is 0.393 e. The first-order valence-electron chi connectivity index (χ1n) is 8.68. The Hall–Kier alpha value is -1.68. The maximum atomic E-state index is 12.1. The molecule has 0 atom stereocenters. The van der Waals surface area contributed by atoms with Crippen molar-refractivity contribution in [2.75, 3.05) is 0 Å². The average molecular weight is 317 g/mol. The first kappa shape index (κ1) is 17.7. The number of aryl methyl sites for hydroxylation is 1. The molecule has 1 aliphatic carbocycles. The van der Waals surface area contributed by atoms with Gasteiger partial charge in [-0.1, -0.05) is 37.6 Å². The smallest absolute Gasteiger partial charge is 0.220 e. The summed E-state index contributed by atoms with van der Waals surface area (Å²) in [4.78, 5) is 24.1. The fraction of sp³-hybridized carbons (Fsp3) is 0.579. The van der Waals surface area contributed by atoms with Crippen molar-refractivity contribution in [3.63, 3.8) is 0 Å². The monoisotopic (exact) mass is 317 g/mol. The summed E-state index contributed by atoms with van der Waals surface area (Å²) in [5, 5.41) is 12.4. The molecule has 0 radical (unpaired) electrons. The van der Waals surface area contributed by atoms with Gasteiger partial charge in [-0.2, -0.15) is 0 Å². The van der Waals surface area contributed by atoms with E-state index in [9.17, 15) is 14.7 Å². The number of hydrogen-bond donors (Lipinski definition) is 2. The number of Topliss-reactive ketones (excluding diaryl/α,β-unsaturated/α-hetero) is 1. The summed E-state index contributed by atoms with van der Waals surface area (Å²) < 4.78 is 0.